The second-order valence-electron chi connectivity index (χ2n) is 3.80. The zero-order valence-electron chi connectivity index (χ0n) is 8.23. The van der Waals surface area contributed by atoms with Crippen LogP contribution in [0.5, 0.6) is 0 Å². The molecule has 0 saturated carbocycles. The molecule has 0 spiro atoms. The molecule has 1 aliphatic rings. The van der Waals surface area contributed by atoms with Crippen molar-refractivity contribution in [1.82, 2.24) is 0 Å². The van der Waals surface area contributed by atoms with Crippen LogP contribution in [0.3, 0.4) is 0 Å². The van der Waals surface area contributed by atoms with Crippen LogP contribution in [0.1, 0.15) is 25.8 Å². The highest BCUT2D eigenvalue weighted by Gasteiger charge is 2.42. The monoisotopic (exact) mass is 209 g/mol. The number of fused-ring (bicyclic) bond motifs is 1. The highest BCUT2D eigenvalue weighted by Crippen LogP contribution is 2.43. The first-order chi connectivity index (χ1) is 6.59. The maximum absolute atomic E-state index is 11.8. The van der Waals surface area contributed by atoms with Crippen molar-refractivity contribution in [3.8, 4) is 0 Å². The molecule has 1 aliphatic heterocycles. The lowest BCUT2D eigenvalue weighted by Gasteiger charge is -2.20. The Morgan fingerprint density at radius 3 is 2.86 bits per heavy atom. The van der Waals surface area contributed by atoms with Crippen LogP contribution in [0, 0.1) is 0 Å². The van der Waals surface area contributed by atoms with Crippen molar-refractivity contribution < 1.29 is 4.79 Å². The first kappa shape index (κ1) is 9.53. The van der Waals surface area contributed by atoms with E-state index in [0.717, 1.165) is 17.7 Å². The Balaban J connectivity index is 2.67. The van der Waals surface area contributed by atoms with Crippen molar-refractivity contribution >= 4 is 23.2 Å². The summed E-state index contributed by atoms with van der Waals surface area (Å²) in [6.07, 6.45) is 0.759. The maximum Gasteiger partial charge on any atom is 0.234 e. The molecule has 1 aromatic rings. The van der Waals surface area contributed by atoms with Crippen LogP contribution in [0.4, 0.5) is 5.69 Å². The van der Waals surface area contributed by atoms with Crippen molar-refractivity contribution in [2.75, 3.05) is 5.32 Å². The minimum atomic E-state index is -0.465. The molecule has 2 rings (SSSR count). The smallest absolute Gasteiger partial charge is 0.234 e. The van der Waals surface area contributed by atoms with Gasteiger partial charge in [-0.15, -0.1) is 0 Å². The molecule has 1 atom stereocenters. The quantitative estimate of drug-likeness (QED) is 0.757. The van der Waals surface area contributed by atoms with Crippen molar-refractivity contribution in [3.63, 3.8) is 0 Å². The lowest BCUT2D eigenvalue weighted by molar-refractivity contribution is -0.120. The fraction of sp³-hybridized carbons (Fsp3) is 0.364. The van der Waals surface area contributed by atoms with E-state index in [2.05, 4.69) is 5.32 Å². The lowest BCUT2D eigenvalue weighted by Crippen LogP contribution is -2.30. The topological polar surface area (TPSA) is 29.1 Å². The Morgan fingerprint density at radius 1 is 1.50 bits per heavy atom. The normalized spacial score (nSPS) is 24.6. The summed E-state index contributed by atoms with van der Waals surface area (Å²) < 4.78 is 0. The summed E-state index contributed by atoms with van der Waals surface area (Å²) in [6.45, 7) is 3.93. The van der Waals surface area contributed by atoms with Crippen molar-refractivity contribution in [3.05, 3.63) is 28.8 Å². The molecule has 0 saturated heterocycles. The van der Waals surface area contributed by atoms with Gasteiger partial charge in [-0.3, -0.25) is 4.79 Å². The van der Waals surface area contributed by atoms with Crippen LogP contribution in [0.15, 0.2) is 18.2 Å². The number of hydrogen-bond acceptors (Lipinski definition) is 1. The van der Waals surface area contributed by atoms with Crippen LogP contribution < -0.4 is 5.32 Å². The fourth-order valence-corrected chi connectivity index (χ4v) is 2.28. The highest BCUT2D eigenvalue weighted by molar-refractivity contribution is 6.33. The summed E-state index contributed by atoms with van der Waals surface area (Å²) in [5.74, 6) is 0.0445. The molecule has 3 heteroatoms. The van der Waals surface area contributed by atoms with Crippen molar-refractivity contribution in [2.24, 2.45) is 0 Å². The van der Waals surface area contributed by atoms with Gasteiger partial charge in [-0.2, -0.15) is 0 Å². The number of rotatable bonds is 1. The van der Waals surface area contributed by atoms with Gasteiger partial charge >= 0.3 is 0 Å². The number of nitrogens with one attached hydrogen (secondary N) is 1. The second-order valence-corrected chi connectivity index (χ2v) is 4.21. The minimum absolute atomic E-state index is 0.0445. The predicted octanol–water partition coefficient (Wildman–Crippen LogP) is 2.96. The van der Waals surface area contributed by atoms with E-state index < -0.39 is 5.41 Å². The molecular formula is C11H12ClNO. The summed E-state index contributed by atoms with van der Waals surface area (Å²) in [7, 11) is 0. The van der Waals surface area contributed by atoms with Gasteiger partial charge in [0.25, 0.3) is 0 Å². The van der Waals surface area contributed by atoms with E-state index in [9.17, 15) is 4.79 Å². The van der Waals surface area contributed by atoms with Gasteiger partial charge in [-0.25, -0.2) is 0 Å². The van der Waals surface area contributed by atoms with E-state index in [1.54, 1.807) is 0 Å². The fourth-order valence-electron chi connectivity index (χ4n) is 1.90. The molecule has 0 fully saturated rings. The van der Waals surface area contributed by atoms with Gasteiger partial charge in [0.1, 0.15) is 0 Å². The average molecular weight is 210 g/mol. The van der Waals surface area contributed by atoms with Crippen LogP contribution in [-0.2, 0) is 10.2 Å². The number of carbonyl (C=O) groups excluding carboxylic acids is 1. The Morgan fingerprint density at radius 2 is 2.21 bits per heavy atom. The van der Waals surface area contributed by atoms with Gasteiger partial charge in [-0.05, 0) is 25.5 Å². The molecule has 2 nitrogen and oxygen atoms in total. The molecule has 1 N–H and O–H groups in total. The minimum Gasteiger partial charge on any atom is -0.325 e. The zero-order chi connectivity index (χ0) is 10.3. The third kappa shape index (κ3) is 1.07. The first-order valence-electron chi connectivity index (χ1n) is 4.70. The third-order valence-electron chi connectivity index (χ3n) is 3.02. The van der Waals surface area contributed by atoms with Gasteiger partial charge in [0.05, 0.1) is 5.41 Å². The summed E-state index contributed by atoms with van der Waals surface area (Å²) in [5.41, 5.74) is 1.33. The van der Waals surface area contributed by atoms with Gasteiger partial charge in [0, 0.05) is 16.3 Å². The predicted molar refractivity (Wildman–Crippen MR) is 57.7 cm³/mol. The molecule has 0 aliphatic carbocycles. The molecule has 1 aromatic carbocycles. The van der Waals surface area contributed by atoms with E-state index in [-0.39, 0.29) is 5.91 Å². The Hall–Kier alpha value is -1.02. The van der Waals surface area contributed by atoms with E-state index in [1.807, 2.05) is 32.0 Å². The maximum atomic E-state index is 11.8. The van der Waals surface area contributed by atoms with Gasteiger partial charge in [0.2, 0.25) is 5.91 Å². The number of hydrogen-bond donors (Lipinski definition) is 1. The lowest BCUT2D eigenvalue weighted by atomic mass is 9.81. The van der Waals surface area contributed by atoms with Crippen LogP contribution in [0.25, 0.3) is 0 Å². The van der Waals surface area contributed by atoms with Crippen LogP contribution in [0.2, 0.25) is 5.02 Å². The molecule has 0 radical (unpaired) electrons. The Kier molecular flexibility index (Phi) is 2.04. The molecule has 1 heterocycles. The zero-order valence-corrected chi connectivity index (χ0v) is 8.98. The summed E-state index contributed by atoms with van der Waals surface area (Å²) in [4.78, 5) is 11.8. The largest absolute Gasteiger partial charge is 0.325 e. The van der Waals surface area contributed by atoms with Crippen LogP contribution in [-0.4, -0.2) is 5.91 Å². The molecule has 0 aromatic heterocycles. The van der Waals surface area contributed by atoms with Gasteiger partial charge in [0.15, 0.2) is 0 Å². The number of benzene rings is 1. The summed E-state index contributed by atoms with van der Waals surface area (Å²) in [5, 5.41) is 3.53. The number of anilines is 1. The average Bonchev–Trinajstić information content (AvgIpc) is 2.41. The highest BCUT2D eigenvalue weighted by atomic mass is 35.5. The third-order valence-corrected chi connectivity index (χ3v) is 3.34. The molecular weight excluding hydrogens is 198 g/mol. The van der Waals surface area contributed by atoms with E-state index in [4.69, 9.17) is 11.6 Å². The van der Waals surface area contributed by atoms with Gasteiger partial charge < -0.3 is 5.32 Å². The van der Waals surface area contributed by atoms with E-state index in [0.29, 0.717) is 5.02 Å². The molecule has 1 amide bonds. The van der Waals surface area contributed by atoms with E-state index >= 15 is 0 Å². The number of carbonyl (C=O) groups is 1. The molecule has 74 valence electrons. The Labute approximate surface area is 88.3 Å². The number of amides is 1. The van der Waals surface area contributed by atoms with Gasteiger partial charge in [-0.1, -0.05) is 24.6 Å². The van der Waals surface area contributed by atoms with Crippen LogP contribution >= 0.6 is 11.6 Å². The number of halogens is 1. The standard InChI is InChI=1S/C11H12ClNO/c1-3-11(2)9-7(12)5-4-6-8(9)13-10(11)14/h4-6H,3H2,1-2H3,(H,13,14). The molecule has 0 bridgehead atoms. The van der Waals surface area contributed by atoms with Crippen molar-refractivity contribution in [1.29, 1.82) is 0 Å². The molecule has 1 unspecified atom stereocenters. The van der Waals surface area contributed by atoms with E-state index in [1.165, 1.54) is 0 Å². The SMILES string of the molecule is CCC1(C)C(=O)Nc2cccc(Cl)c21. The summed E-state index contributed by atoms with van der Waals surface area (Å²) >= 11 is 6.11. The van der Waals surface area contributed by atoms with Crippen molar-refractivity contribution in [2.45, 2.75) is 25.7 Å². The molecule has 14 heavy (non-hydrogen) atoms. The Bertz CT molecular complexity index is 402. The second kappa shape index (κ2) is 2.99. The summed E-state index contributed by atoms with van der Waals surface area (Å²) in [6, 6.07) is 5.57. The first-order valence-corrected chi connectivity index (χ1v) is 5.08.